The molecule has 2 rings (SSSR count). The number of aryl methyl sites for hydroxylation is 1. The second-order valence-electron chi connectivity index (χ2n) is 5.11. The van der Waals surface area contributed by atoms with Crippen LogP contribution in [0.2, 0.25) is 0 Å². The molecule has 0 fully saturated rings. The zero-order valence-corrected chi connectivity index (χ0v) is 16.9. The molecule has 6 nitrogen and oxygen atoms in total. The van der Waals surface area contributed by atoms with Gasteiger partial charge in [0.05, 0.1) is 13.0 Å². The van der Waals surface area contributed by atoms with Crippen LogP contribution in [0.5, 0.6) is 0 Å². The smallest absolute Gasteiger partial charge is 0.356 e. The number of nitrogens with zero attached hydrogens (tertiary/aromatic N) is 4. The van der Waals surface area contributed by atoms with Crippen LogP contribution in [0.1, 0.15) is 22.9 Å². The Morgan fingerprint density at radius 1 is 1.32 bits per heavy atom. The molecule has 0 aromatic carbocycles. The van der Waals surface area contributed by atoms with Crippen molar-refractivity contribution in [3.63, 3.8) is 0 Å². The lowest BCUT2D eigenvalue weighted by atomic mass is 10.4. The van der Waals surface area contributed by atoms with Crippen LogP contribution < -0.4 is 10.6 Å². The van der Waals surface area contributed by atoms with Gasteiger partial charge in [0, 0.05) is 18.5 Å². The minimum atomic E-state index is -4.20. The number of hydrogen-bond acceptors (Lipinski definition) is 4. The Labute approximate surface area is 165 Å². The summed E-state index contributed by atoms with van der Waals surface area (Å²) in [6, 6.07) is 3.86. The van der Waals surface area contributed by atoms with Crippen molar-refractivity contribution in [2.45, 2.75) is 32.6 Å². The maximum absolute atomic E-state index is 12.3. The van der Waals surface area contributed by atoms with Gasteiger partial charge in [-0.25, -0.2) is 4.99 Å². The highest BCUT2D eigenvalue weighted by Crippen LogP contribution is 2.18. The van der Waals surface area contributed by atoms with Gasteiger partial charge >= 0.3 is 6.18 Å². The van der Waals surface area contributed by atoms with Gasteiger partial charge in [-0.05, 0) is 18.4 Å². The first kappa shape index (κ1) is 21.7. The highest BCUT2D eigenvalue weighted by molar-refractivity contribution is 14.0. The van der Waals surface area contributed by atoms with E-state index in [9.17, 15) is 13.2 Å². The van der Waals surface area contributed by atoms with Crippen LogP contribution in [0.3, 0.4) is 0 Å². The third-order valence-corrected chi connectivity index (χ3v) is 4.15. The van der Waals surface area contributed by atoms with Crippen LogP contribution in [0.4, 0.5) is 13.2 Å². The summed E-state index contributed by atoms with van der Waals surface area (Å²) in [4.78, 5) is 5.36. The number of thiophene rings is 1. The van der Waals surface area contributed by atoms with E-state index in [0.717, 1.165) is 10.7 Å². The Morgan fingerprint density at radius 3 is 2.64 bits per heavy atom. The Bertz CT molecular complexity index is 669. The van der Waals surface area contributed by atoms with E-state index in [1.807, 2.05) is 31.5 Å². The SMILES string of the molecule is Cc1nnc(CN=C(NCCC(F)(F)F)NCc2cccs2)n1C.I. The Hall–Kier alpha value is -1.37. The van der Waals surface area contributed by atoms with E-state index in [1.165, 1.54) is 0 Å². The normalized spacial score (nSPS) is 12.0. The summed E-state index contributed by atoms with van der Waals surface area (Å²) in [5.41, 5.74) is 0. The molecule has 25 heavy (non-hydrogen) atoms. The number of hydrogen-bond donors (Lipinski definition) is 2. The second kappa shape index (κ2) is 9.94. The number of aromatic nitrogens is 3. The topological polar surface area (TPSA) is 67.1 Å². The molecule has 0 saturated carbocycles. The van der Waals surface area contributed by atoms with Gasteiger partial charge < -0.3 is 15.2 Å². The standard InChI is InChI=1S/C14H19F3N6S.HI/c1-10-21-22-12(23(10)2)9-20-13(18-6-5-14(15,16)17)19-8-11-4-3-7-24-11;/h3-4,7H,5-6,8-9H2,1-2H3,(H2,18,19,20);1H. The largest absolute Gasteiger partial charge is 0.390 e. The first-order valence-electron chi connectivity index (χ1n) is 7.31. The van der Waals surface area contributed by atoms with Crippen molar-refractivity contribution < 1.29 is 13.2 Å². The fourth-order valence-electron chi connectivity index (χ4n) is 1.82. The lowest BCUT2D eigenvalue weighted by molar-refractivity contribution is -0.132. The summed E-state index contributed by atoms with van der Waals surface area (Å²) in [6.07, 6.45) is -5.12. The van der Waals surface area contributed by atoms with E-state index < -0.39 is 12.6 Å². The molecule has 2 heterocycles. The zero-order valence-electron chi connectivity index (χ0n) is 13.8. The minimum absolute atomic E-state index is 0. The molecular formula is C14H20F3IN6S. The molecule has 0 bridgehead atoms. The summed E-state index contributed by atoms with van der Waals surface area (Å²) in [5.74, 6) is 1.70. The molecule has 0 amide bonds. The molecule has 0 atom stereocenters. The van der Waals surface area contributed by atoms with E-state index in [4.69, 9.17) is 0 Å². The van der Waals surface area contributed by atoms with E-state index >= 15 is 0 Å². The number of halogens is 4. The lowest BCUT2D eigenvalue weighted by Crippen LogP contribution is -2.38. The molecule has 0 radical (unpaired) electrons. The summed E-state index contributed by atoms with van der Waals surface area (Å²) in [5, 5.41) is 15.6. The Morgan fingerprint density at radius 2 is 2.08 bits per heavy atom. The minimum Gasteiger partial charge on any atom is -0.356 e. The molecule has 0 aliphatic carbocycles. The van der Waals surface area contributed by atoms with Gasteiger partial charge in [-0.3, -0.25) is 0 Å². The second-order valence-corrected chi connectivity index (χ2v) is 6.14. The van der Waals surface area contributed by atoms with Crippen molar-refractivity contribution in [1.29, 1.82) is 0 Å². The monoisotopic (exact) mass is 488 g/mol. The van der Waals surface area contributed by atoms with Crippen LogP contribution in [-0.2, 0) is 20.1 Å². The first-order valence-corrected chi connectivity index (χ1v) is 8.19. The molecule has 2 N–H and O–H groups in total. The van der Waals surface area contributed by atoms with Crippen molar-refractivity contribution in [3.05, 3.63) is 34.0 Å². The summed E-state index contributed by atoms with van der Waals surface area (Å²) < 4.78 is 38.7. The van der Waals surface area contributed by atoms with Gasteiger partial charge in [-0.2, -0.15) is 13.2 Å². The number of guanidine groups is 1. The fraction of sp³-hybridized carbons (Fsp3) is 0.500. The Kier molecular flexibility index (Phi) is 8.62. The number of nitrogens with one attached hydrogen (secondary N) is 2. The number of aliphatic imine (C=N–C) groups is 1. The van der Waals surface area contributed by atoms with Crippen LogP contribution >= 0.6 is 35.3 Å². The van der Waals surface area contributed by atoms with E-state index in [-0.39, 0.29) is 37.1 Å². The maximum atomic E-state index is 12.3. The first-order chi connectivity index (χ1) is 11.3. The highest BCUT2D eigenvalue weighted by atomic mass is 127. The molecular weight excluding hydrogens is 468 g/mol. The molecule has 0 aliphatic heterocycles. The van der Waals surface area contributed by atoms with Gasteiger partial charge in [0.15, 0.2) is 11.8 Å². The predicted octanol–water partition coefficient (Wildman–Crippen LogP) is 2.99. The lowest BCUT2D eigenvalue weighted by Gasteiger charge is -2.13. The molecule has 0 unspecified atom stereocenters. The predicted molar refractivity (Wildman–Crippen MR) is 102 cm³/mol. The van der Waals surface area contributed by atoms with E-state index in [1.54, 1.807) is 15.9 Å². The maximum Gasteiger partial charge on any atom is 0.390 e. The van der Waals surface area contributed by atoms with Gasteiger partial charge in [0.2, 0.25) is 0 Å². The third-order valence-electron chi connectivity index (χ3n) is 3.27. The molecule has 0 spiro atoms. The summed E-state index contributed by atoms with van der Waals surface area (Å²) in [6.45, 7) is 2.30. The van der Waals surface area contributed by atoms with Crippen molar-refractivity contribution in [3.8, 4) is 0 Å². The van der Waals surface area contributed by atoms with Gasteiger partial charge in [0.25, 0.3) is 0 Å². The van der Waals surface area contributed by atoms with Crippen LogP contribution in [0.15, 0.2) is 22.5 Å². The summed E-state index contributed by atoms with van der Waals surface area (Å²) >= 11 is 1.56. The number of alkyl halides is 3. The van der Waals surface area contributed by atoms with Crippen LogP contribution in [0.25, 0.3) is 0 Å². The molecule has 0 saturated heterocycles. The molecule has 0 aliphatic rings. The molecule has 11 heteroatoms. The average Bonchev–Trinajstić information content (AvgIpc) is 3.12. The highest BCUT2D eigenvalue weighted by Gasteiger charge is 2.26. The van der Waals surface area contributed by atoms with Crippen LogP contribution in [-0.4, -0.2) is 33.4 Å². The average molecular weight is 488 g/mol. The van der Waals surface area contributed by atoms with Gasteiger partial charge in [0.1, 0.15) is 12.4 Å². The van der Waals surface area contributed by atoms with Gasteiger partial charge in [-0.1, -0.05) is 6.07 Å². The molecule has 2 aromatic heterocycles. The zero-order chi connectivity index (χ0) is 17.6. The quantitative estimate of drug-likeness (QED) is 0.373. The van der Waals surface area contributed by atoms with Crippen molar-refractivity contribution in [1.82, 2.24) is 25.4 Å². The summed E-state index contributed by atoms with van der Waals surface area (Å²) in [7, 11) is 1.82. The van der Waals surface area contributed by atoms with Crippen molar-refractivity contribution >= 4 is 41.3 Å². The number of rotatable bonds is 6. The van der Waals surface area contributed by atoms with E-state index in [0.29, 0.717) is 18.3 Å². The van der Waals surface area contributed by atoms with Crippen molar-refractivity contribution in [2.75, 3.05) is 6.54 Å². The molecule has 2 aromatic rings. The third kappa shape index (κ3) is 7.59. The molecule has 140 valence electrons. The van der Waals surface area contributed by atoms with E-state index in [2.05, 4.69) is 25.8 Å². The van der Waals surface area contributed by atoms with Crippen LogP contribution in [0, 0.1) is 6.92 Å². The van der Waals surface area contributed by atoms with Crippen molar-refractivity contribution in [2.24, 2.45) is 12.0 Å². The Balaban J connectivity index is 0.00000312. The fourth-order valence-corrected chi connectivity index (χ4v) is 2.46. The van der Waals surface area contributed by atoms with Gasteiger partial charge in [-0.15, -0.1) is 45.5 Å².